The van der Waals surface area contributed by atoms with E-state index in [4.69, 9.17) is 10.8 Å². The Morgan fingerprint density at radius 3 is 2.12 bits per heavy atom. The third-order valence-corrected chi connectivity index (χ3v) is 5.60. The van der Waals surface area contributed by atoms with Gasteiger partial charge in [0.15, 0.2) is 0 Å². The molecule has 0 spiro atoms. The van der Waals surface area contributed by atoms with Gasteiger partial charge in [0.25, 0.3) is 0 Å². The van der Waals surface area contributed by atoms with E-state index >= 15 is 0 Å². The Morgan fingerprint density at radius 1 is 0.885 bits per heavy atom. The minimum Gasteiger partial charge on any atom is -0.480 e. The largest absolute Gasteiger partial charge is 0.480 e. The van der Waals surface area contributed by atoms with E-state index in [1.54, 1.807) is 11.8 Å². The molecule has 1 unspecified atom stereocenters. The molecule has 0 saturated carbocycles. The van der Waals surface area contributed by atoms with Crippen molar-refractivity contribution in [1.29, 1.82) is 0 Å². The molecule has 2 atom stereocenters. The molecule has 0 amide bonds. The number of thioether (sulfide) groups is 1. The lowest BCUT2D eigenvalue weighted by molar-refractivity contribution is -0.137. The highest BCUT2D eigenvalue weighted by atomic mass is 32.2. The van der Waals surface area contributed by atoms with Crippen molar-refractivity contribution >= 4 is 17.7 Å². The van der Waals surface area contributed by atoms with Crippen LogP contribution in [0.1, 0.15) is 16.4 Å². The van der Waals surface area contributed by atoms with Crippen LogP contribution in [-0.2, 0) is 4.79 Å². The highest BCUT2D eigenvalue weighted by Crippen LogP contribution is 2.40. The zero-order valence-corrected chi connectivity index (χ0v) is 15.1. The van der Waals surface area contributed by atoms with Gasteiger partial charge in [-0.25, -0.2) is 0 Å². The highest BCUT2D eigenvalue weighted by molar-refractivity contribution is 7.99. The molecule has 0 aliphatic heterocycles. The maximum atomic E-state index is 11.1. The fourth-order valence-corrected chi connectivity index (χ4v) is 4.15. The molecule has 0 heterocycles. The maximum absolute atomic E-state index is 11.1. The summed E-state index contributed by atoms with van der Waals surface area (Å²) in [5, 5.41) is 9.14. The molecule has 0 aliphatic rings. The lowest BCUT2D eigenvalue weighted by Crippen LogP contribution is -2.32. The average Bonchev–Trinajstić information content (AvgIpc) is 2.70. The van der Waals surface area contributed by atoms with Crippen LogP contribution < -0.4 is 5.73 Å². The zero-order chi connectivity index (χ0) is 18.4. The van der Waals surface area contributed by atoms with E-state index in [0.717, 1.165) is 22.3 Å². The van der Waals surface area contributed by atoms with E-state index in [9.17, 15) is 4.79 Å². The number of nitrogens with two attached hydrogens (primary N) is 1. The zero-order valence-electron chi connectivity index (χ0n) is 14.3. The van der Waals surface area contributed by atoms with Crippen molar-refractivity contribution < 1.29 is 9.90 Å². The fourth-order valence-electron chi connectivity index (χ4n) is 2.87. The summed E-state index contributed by atoms with van der Waals surface area (Å²) in [6, 6.07) is 27.8. The van der Waals surface area contributed by atoms with Crippen molar-refractivity contribution in [1.82, 2.24) is 0 Å². The van der Waals surface area contributed by atoms with Crippen molar-refractivity contribution in [3.05, 3.63) is 96.1 Å². The standard InChI is InChI=1S/C22H21NO2S/c23-20(22(24)25)15-26-21(17-11-5-2-6-12-17)19-14-8-7-13-18(19)16-9-3-1-4-10-16/h1-14,20-21H,15,23H2,(H,24,25)/t20-,21?/m0/s1. The number of benzene rings is 3. The third-order valence-electron chi connectivity index (χ3n) is 4.19. The van der Waals surface area contributed by atoms with Gasteiger partial charge < -0.3 is 10.8 Å². The number of carboxylic acids is 1. The lowest BCUT2D eigenvalue weighted by atomic mass is 9.94. The predicted octanol–water partition coefficient (Wildman–Crippen LogP) is 4.59. The summed E-state index contributed by atoms with van der Waals surface area (Å²) in [6.45, 7) is 0. The summed E-state index contributed by atoms with van der Waals surface area (Å²) in [5.74, 6) is -0.626. The van der Waals surface area contributed by atoms with Gasteiger partial charge in [0.2, 0.25) is 0 Å². The van der Waals surface area contributed by atoms with Crippen molar-refractivity contribution in [2.24, 2.45) is 5.73 Å². The monoisotopic (exact) mass is 363 g/mol. The molecule has 26 heavy (non-hydrogen) atoms. The number of hydrogen-bond donors (Lipinski definition) is 2. The van der Waals surface area contributed by atoms with Crippen LogP contribution in [-0.4, -0.2) is 22.9 Å². The van der Waals surface area contributed by atoms with Crippen molar-refractivity contribution in [3.63, 3.8) is 0 Å². The van der Waals surface area contributed by atoms with Crippen LogP contribution in [0.5, 0.6) is 0 Å². The normalized spacial score (nSPS) is 13.1. The summed E-state index contributed by atoms with van der Waals surface area (Å²) in [7, 11) is 0. The Morgan fingerprint density at radius 2 is 1.46 bits per heavy atom. The second kappa shape index (κ2) is 8.70. The second-order valence-electron chi connectivity index (χ2n) is 6.02. The number of carboxylic acid groups (broad SMARTS) is 1. The minimum atomic E-state index is -0.972. The molecule has 0 fully saturated rings. The smallest absolute Gasteiger partial charge is 0.321 e. The molecule has 0 saturated heterocycles. The molecule has 0 radical (unpaired) electrons. The van der Waals surface area contributed by atoms with Gasteiger partial charge in [0.1, 0.15) is 6.04 Å². The molecule has 0 bridgehead atoms. The summed E-state index contributed by atoms with van der Waals surface area (Å²) in [6.07, 6.45) is 0. The van der Waals surface area contributed by atoms with Gasteiger partial charge in [-0.1, -0.05) is 84.9 Å². The Bertz CT molecular complexity index is 852. The molecule has 132 valence electrons. The molecule has 3 aromatic rings. The molecule has 0 aromatic heterocycles. The predicted molar refractivity (Wildman–Crippen MR) is 108 cm³/mol. The van der Waals surface area contributed by atoms with Gasteiger partial charge in [0, 0.05) is 5.75 Å². The second-order valence-corrected chi connectivity index (χ2v) is 7.16. The first-order chi connectivity index (χ1) is 12.7. The van der Waals surface area contributed by atoms with Crippen LogP contribution in [0.3, 0.4) is 0 Å². The summed E-state index contributed by atoms with van der Waals surface area (Å²) in [5.41, 5.74) is 10.3. The molecule has 3 nitrogen and oxygen atoms in total. The van der Waals surface area contributed by atoms with E-state index in [1.165, 1.54) is 0 Å². The lowest BCUT2D eigenvalue weighted by Gasteiger charge is -2.22. The maximum Gasteiger partial charge on any atom is 0.321 e. The highest BCUT2D eigenvalue weighted by Gasteiger charge is 2.21. The van der Waals surface area contributed by atoms with Crippen LogP contribution in [0, 0.1) is 0 Å². The summed E-state index contributed by atoms with van der Waals surface area (Å²) >= 11 is 1.57. The van der Waals surface area contributed by atoms with E-state index in [0.29, 0.717) is 5.75 Å². The molecule has 4 heteroatoms. The van der Waals surface area contributed by atoms with E-state index in [-0.39, 0.29) is 5.25 Å². The number of aliphatic carboxylic acids is 1. The van der Waals surface area contributed by atoms with Crippen LogP contribution in [0.15, 0.2) is 84.9 Å². The minimum absolute atomic E-state index is 0.0120. The summed E-state index contributed by atoms with van der Waals surface area (Å²) in [4.78, 5) is 11.1. The quantitative estimate of drug-likeness (QED) is 0.644. The van der Waals surface area contributed by atoms with Crippen LogP contribution in [0.25, 0.3) is 11.1 Å². The molecule has 3 N–H and O–H groups in total. The first-order valence-electron chi connectivity index (χ1n) is 8.46. The van der Waals surface area contributed by atoms with E-state index < -0.39 is 12.0 Å². The topological polar surface area (TPSA) is 63.3 Å². The van der Waals surface area contributed by atoms with Crippen LogP contribution in [0.2, 0.25) is 0 Å². The number of hydrogen-bond acceptors (Lipinski definition) is 3. The first-order valence-corrected chi connectivity index (χ1v) is 9.51. The molecule has 0 aliphatic carbocycles. The molecule has 3 rings (SSSR count). The van der Waals surface area contributed by atoms with Gasteiger partial charge in [-0.2, -0.15) is 0 Å². The Balaban J connectivity index is 2.01. The Hall–Kier alpha value is -2.56. The van der Waals surface area contributed by atoms with E-state index in [1.807, 2.05) is 48.5 Å². The number of rotatable bonds is 7. The van der Waals surface area contributed by atoms with Crippen LogP contribution in [0.4, 0.5) is 0 Å². The number of carbonyl (C=O) groups is 1. The van der Waals surface area contributed by atoms with Crippen LogP contribution >= 0.6 is 11.8 Å². The third kappa shape index (κ3) is 4.34. The molecule has 3 aromatic carbocycles. The van der Waals surface area contributed by atoms with Gasteiger partial charge in [-0.15, -0.1) is 11.8 Å². The summed E-state index contributed by atoms with van der Waals surface area (Å²) < 4.78 is 0. The van der Waals surface area contributed by atoms with Gasteiger partial charge in [0.05, 0.1) is 5.25 Å². The van der Waals surface area contributed by atoms with Gasteiger partial charge >= 0.3 is 5.97 Å². The SMILES string of the molecule is N[C@@H](CSC(c1ccccc1)c1ccccc1-c1ccccc1)C(=O)O. The first kappa shape index (κ1) is 18.2. The molecular formula is C22H21NO2S. The Kier molecular flexibility index (Phi) is 6.10. The Labute approximate surface area is 157 Å². The van der Waals surface area contributed by atoms with Crippen molar-refractivity contribution in [2.45, 2.75) is 11.3 Å². The molecular weight excluding hydrogens is 342 g/mol. The van der Waals surface area contributed by atoms with Crippen molar-refractivity contribution in [2.75, 3.05) is 5.75 Å². The fraction of sp³-hybridized carbons (Fsp3) is 0.136. The van der Waals surface area contributed by atoms with Crippen molar-refractivity contribution in [3.8, 4) is 11.1 Å². The average molecular weight is 363 g/mol. The van der Waals surface area contributed by atoms with Gasteiger partial charge in [-0.05, 0) is 22.3 Å². The van der Waals surface area contributed by atoms with Gasteiger partial charge in [-0.3, -0.25) is 4.79 Å². The van der Waals surface area contributed by atoms with E-state index in [2.05, 4.69) is 36.4 Å².